The zero-order valence-corrected chi connectivity index (χ0v) is 12.4. The maximum Gasteiger partial charge on any atom is 0.159 e. The Morgan fingerprint density at radius 3 is 2.22 bits per heavy atom. The van der Waals surface area contributed by atoms with Gasteiger partial charge in [0, 0.05) is 22.3 Å². The summed E-state index contributed by atoms with van der Waals surface area (Å²) in [4.78, 5) is 8.96. The quantitative estimate of drug-likeness (QED) is 0.926. The van der Waals surface area contributed by atoms with E-state index in [1.807, 2.05) is 13.0 Å². The van der Waals surface area contributed by atoms with Crippen LogP contribution < -0.4 is 5.73 Å². The molecular weight excluding hydrogens is 290 g/mol. The maximum atomic E-state index is 5.65. The number of hydrogen-bond donors (Lipinski definition) is 1. The summed E-state index contributed by atoms with van der Waals surface area (Å²) in [6.07, 6.45) is 0. The standard InChI is InChI=1S/C14H16BrN3/c1-8-4-11(5-9(2)13(8)15)14-17-10(3)6-12(7-16)18-14/h4-6H,7,16H2,1-3H3. The molecule has 0 bridgehead atoms. The first-order valence-electron chi connectivity index (χ1n) is 5.83. The largest absolute Gasteiger partial charge is 0.325 e. The minimum Gasteiger partial charge on any atom is -0.325 e. The molecule has 2 rings (SSSR count). The van der Waals surface area contributed by atoms with Gasteiger partial charge in [-0.3, -0.25) is 0 Å². The molecule has 0 amide bonds. The highest BCUT2D eigenvalue weighted by Crippen LogP contribution is 2.27. The van der Waals surface area contributed by atoms with Gasteiger partial charge in [-0.2, -0.15) is 0 Å². The molecule has 1 heterocycles. The Morgan fingerprint density at radius 1 is 1.06 bits per heavy atom. The van der Waals surface area contributed by atoms with Crippen LogP contribution in [0, 0.1) is 20.8 Å². The van der Waals surface area contributed by atoms with Gasteiger partial charge in [-0.15, -0.1) is 0 Å². The van der Waals surface area contributed by atoms with E-state index in [1.165, 1.54) is 11.1 Å². The fourth-order valence-electron chi connectivity index (χ4n) is 1.94. The van der Waals surface area contributed by atoms with Crippen molar-refractivity contribution in [1.29, 1.82) is 0 Å². The van der Waals surface area contributed by atoms with Gasteiger partial charge < -0.3 is 5.73 Å². The number of nitrogens with two attached hydrogens (primary N) is 1. The third kappa shape index (κ3) is 2.60. The molecule has 0 saturated carbocycles. The Balaban J connectivity index is 2.58. The second kappa shape index (κ2) is 5.16. The minimum atomic E-state index is 0.435. The van der Waals surface area contributed by atoms with Crippen molar-refractivity contribution >= 4 is 15.9 Å². The second-order valence-electron chi connectivity index (χ2n) is 4.45. The van der Waals surface area contributed by atoms with Crippen LogP contribution in [0.25, 0.3) is 11.4 Å². The van der Waals surface area contributed by atoms with E-state index in [1.54, 1.807) is 0 Å². The van der Waals surface area contributed by atoms with Crippen LogP contribution in [0.5, 0.6) is 0 Å². The van der Waals surface area contributed by atoms with Gasteiger partial charge in [-0.25, -0.2) is 9.97 Å². The Kier molecular flexibility index (Phi) is 3.78. The van der Waals surface area contributed by atoms with E-state index in [9.17, 15) is 0 Å². The van der Waals surface area contributed by atoms with Crippen molar-refractivity contribution in [1.82, 2.24) is 9.97 Å². The molecule has 0 aliphatic rings. The minimum absolute atomic E-state index is 0.435. The van der Waals surface area contributed by atoms with Gasteiger partial charge in [0.15, 0.2) is 5.82 Å². The number of aryl methyl sites for hydroxylation is 3. The molecule has 0 aliphatic carbocycles. The molecule has 1 aromatic heterocycles. The third-order valence-corrected chi connectivity index (χ3v) is 4.06. The summed E-state index contributed by atoms with van der Waals surface area (Å²) >= 11 is 3.57. The lowest BCUT2D eigenvalue weighted by molar-refractivity contribution is 0.953. The maximum absolute atomic E-state index is 5.65. The van der Waals surface area contributed by atoms with Crippen LogP contribution in [-0.4, -0.2) is 9.97 Å². The van der Waals surface area contributed by atoms with E-state index in [2.05, 4.69) is 51.9 Å². The highest BCUT2D eigenvalue weighted by Gasteiger charge is 2.08. The first-order chi connectivity index (χ1) is 8.51. The highest BCUT2D eigenvalue weighted by atomic mass is 79.9. The first-order valence-corrected chi connectivity index (χ1v) is 6.62. The average molecular weight is 306 g/mol. The van der Waals surface area contributed by atoms with Crippen molar-refractivity contribution in [3.63, 3.8) is 0 Å². The van der Waals surface area contributed by atoms with E-state index in [0.717, 1.165) is 27.2 Å². The van der Waals surface area contributed by atoms with E-state index >= 15 is 0 Å². The predicted octanol–water partition coefficient (Wildman–Crippen LogP) is 3.29. The smallest absolute Gasteiger partial charge is 0.159 e. The summed E-state index contributed by atoms with van der Waals surface area (Å²) in [5.41, 5.74) is 10.9. The molecule has 18 heavy (non-hydrogen) atoms. The van der Waals surface area contributed by atoms with Crippen molar-refractivity contribution in [2.45, 2.75) is 27.3 Å². The summed E-state index contributed by atoms with van der Waals surface area (Å²) in [5, 5.41) is 0. The lowest BCUT2D eigenvalue weighted by atomic mass is 10.1. The lowest BCUT2D eigenvalue weighted by Gasteiger charge is -2.09. The molecule has 0 spiro atoms. The first kappa shape index (κ1) is 13.2. The van der Waals surface area contributed by atoms with Gasteiger partial charge in [0.25, 0.3) is 0 Å². The third-order valence-electron chi connectivity index (χ3n) is 2.81. The SMILES string of the molecule is Cc1cc(CN)nc(-c2cc(C)c(Br)c(C)c2)n1. The van der Waals surface area contributed by atoms with E-state index < -0.39 is 0 Å². The van der Waals surface area contributed by atoms with Crippen LogP contribution in [0.15, 0.2) is 22.7 Å². The number of rotatable bonds is 2. The second-order valence-corrected chi connectivity index (χ2v) is 5.25. The molecule has 1 aromatic carbocycles. The van der Waals surface area contributed by atoms with Gasteiger partial charge in [0.05, 0.1) is 5.69 Å². The topological polar surface area (TPSA) is 51.8 Å². The molecule has 0 aliphatic heterocycles. The summed E-state index contributed by atoms with van der Waals surface area (Å²) in [7, 11) is 0. The number of hydrogen-bond acceptors (Lipinski definition) is 3. The summed E-state index contributed by atoms with van der Waals surface area (Å²) in [6.45, 7) is 6.54. The van der Waals surface area contributed by atoms with Crippen LogP contribution >= 0.6 is 15.9 Å². The van der Waals surface area contributed by atoms with E-state index in [4.69, 9.17) is 5.73 Å². The zero-order chi connectivity index (χ0) is 13.3. The summed E-state index contributed by atoms with van der Waals surface area (Å²) in [5.74, 6) is 0.745. The van der Waals surface area contributed by atoms with Gasteiger partial charge in [0.1, 0.15) is 0 Å². The molecule has 2 N–H and O–H groups in total. The molecular formula is C14H16BrN3. The Labute approximate surface area is 116 Å². The Hall–Kier alpha value is -1.26. The molecule has 0 atom stereocenters. The van der Waals surface area contributed by atoms with Crippen LogP contribution in [0.3, 0.4) is 0 Å². The molecule has 0 fully saturated rings. The number of halogens is 1. The average Bonchev–Trinajstić information content (AvgIpc) is 2.34. The summed E-state index contributed by atoms with van der Waals surface area (Å²) < 4.78 is 1.14. The van der Waals surface area contributed by atoms with Gasteiger partial charge in [-0.1, -0.05) is 15.9 Å². The fourth-order valence-corrected chi connectivity index (χ4v) is 2.17. The summed E-state index contributed by atoms with van der Waals surface area (Å²) in [6, 6.07) is 6.10. The molecule has 0 unspecified atom stereocenters. The van der Waals surface area contributed by atoms with Crippen molar-refractivity contribution in [2.24, 2.45) is 5.73 Å². The Bertz CT molecular complexity index is 571. The van der Waals surface area contributed by atoms with Crippen molar-refractivity contribution in [2.75, 3.05) is 0 Å². The van der Waals surface area contributed by atoms with Crippen molar-refractivity contribution in [3.05, 3.63) is 45.2 Å². The predicted molar refractivity (Wildman–Crippen MR) is 77.3 cm³/mol. The van der Waals surface area contributed by atoms with Crippen LogP contribution in [0.1, 0.15) is 22.5 Å². The molecule has 0 radical (unpaired) electrons. The molecule has 2 aromatic rings. The van der Waals surface area contributed by atoms with Crippen molar-refractivity contribution < 1.29 is 0 Å². The van der Waals surface area contributed by atoms with Gasteiger partial charge in [0.2, 0.25) is 0 Å². The normalized spacial score (nSPS) is 10.7. The zero-order valence-electron chi connectivity index (χ0n) is 10.8. The van der Waals surface area contributed by atoms with Crippen LogP contribution in [0.4, 0.5) is 0 Å². The van der Waals surface area contributed by atoms with Crippen LogP contribution in [-0.2, 0) is 6.54 Å². The number of nitrogens with zero attached hydrogens (tertiary/aromatic N) is 2. The van der Waals surface area contributed by atoms with E-state index in [0.29, 0.717) is 6.54 Å². The molecule has 0 saturated heterocycles. The number of benzene rings is 1. The molecule has 4 heteroatoms. The van der Waals surface area contributed by atoms with Crippen LogP contribution in [0.2, 0.25) is 0 Å². The Morgan fingerprint density at radius 2 is 1.67 bits per heavy atom. The lowest BCUT2D eigenvalue weighted by Crippen LogP contribution is -2.03. The monoisotopic (exact) mass is 305 g/mol. The van der Waals surface area contributed by atoms with Gasteiger partial charge >= 0.3 is 0 Å². The van der Waals surface area contributed by atoms with E-state index in [-0.39, 0.29) is 0 Å². The van der Waals surface area contributed by atoms with Crippen molar-refractivity contribution in [3.8, 4) is 11.4 Å². The number of aromatic nitrogens is 2. The van der Waals surface area contributed by atoms with Gasteiger partial charge in [-0.05, 0) is 50.1 Å². The molecule has 3 nitrogen and oxygen atoms in total. The fraction of sp³-hybridized carbons (Fsp3) is 0.286. The molecule has 94 valence electrons. The highest BCUT2D eigenvalue weighted by molar-refractivity contribution is 9.10.